The zero-order chi connectivity index (χ0) is 9.78. The van der Waals surface area contributed by atoms with Crippen molar-refractivity contribution in [3.05, 3.63) is 36.5 Å². The molecule has 0 spiro atoms. The number of unbranched alkanes of at least 4 members (excludes halogenated alkanes) is 3. The second-order valence-electron chi connectivity index (χ2n) is 2.80. The Morgan fingerprint density at radius 3 is 2.08 bits per heavy atom. The molecule has 13 heavy (non-hydrogen) atoms. The molecule has 0 unspecified atom stereocenters. The van der Waals surface area contributed by atoms with E-state index < -0.39 is 0 Å². The van der Waals surface area contributed by atoms with Crippen molar-refractivity contribution in [2.24, 2.45) is 0 Å². The molecule has 1 heteroatoms. The number of aldehydes is 1. The molecule has 0 saturated carbocycles. The number of rotatable bonds is 7. The first-order valence-corrected chi connectivity index (χ1v) is 4.80. The van der Waals surface area contributed by atoms with Crippen molar-refractivity contribution in [2.45, 2.75) is 32.6 Å². The molecule has 1 nitrogen and oxygen atoms in total. The normalized spacial score (nSPS) is 12.1. The van der Waals surface area contributed by atoms with Crippen LogP contribution in [0.1, 0.15) is 32.6 Å². The minimum Gasteiger partial charge on any atom is -0.299 e. The molecule has 0 amide bonds. The zero-order valence-electron chi connectivity index (χ0n) is 8.28. The Bertz CT molecular complexity index is 187. The smallest absolute Gasteiger partial charge is 0.142 e. The molecule has 0 bridgehead atoms. The first kappa shape index (κ1) is 11.9. The van der Waals surface area contributed by atoms with Crippen LogP contribution in [0.4, 0.5) is 0 Å². The average molecular weight is 178 g/mol. The summed E-state index contributed by atoms with van der Waals surface area (Å²) in [6.45, 7) is 2.01. The van der Waals surface area contributed by atoms with Gasteiger partial charge in [-0.2, -0.15) is 0 Å². The predicted molar refractivity (Wildman–Crippen MR) is 57.6 cm³/mol. The van der Waals surface area contributed by atoms with Crippen LogP contribution in [0.5, 0.6) is 0 Å². The van der Waals surface area contributed by atoms with Gasteiger partial charge in [0.2, 0.25) is 0 Å². The van der Waals surface area contributed by atoms with Gasteiger partial charge in [-0.3, -0.25) is 4.79 Å². The molecule has 0 atom stereocenters. The Morgan fingerprint density at radius 1 is 0.923 bits per heavy atom. The molecule has 0 aliphatic heterocycles. The van der Waals surface area contributed by atoms with E-state index in [9.17, 15) is 4.79 Å². The van der Waals surface area contributed by atoms with Gasteiger partial charge in [0, 0.05) is 0 Å². The molecular weight excluding hydrogens is 160 g/mol. The lowest BCUT2D eigenvalue weighted by molar-refractivity contribution is -0.104. The lowest BCUT2D eigenvalue weighted by Gasteiger charge is -1.91. The Hall–Kier alpha value is -1.11. The van der Waals surface area contributed by atoms with E-state index in [1.807, 2.05) is 25.2 Å². The molecule has 0 N–H and O–H groups in total. The molecule has 0 aromatic heterocycles. The fourth-order valence-corrected chi connectivity index (χ4v) is 0.962. The van der Waals surface area contributed by atoms with E-state index in [1.165, 1.54) is 6.42 Å². The third kappa shape index (κ3) is 10.9. The van der Waals surface area contributed by atoms with E-state index in [-0.39, 0.29) is 0 Å². The van der Waals surface area contributed by atoms with Crippen LogP contribution in [-0.2, 0) is 4.79 Å². The highest BCUT2D eigenvalue weighted by molar-refractivity contribution is 5.64. The second kappa shape index (κ2) is 10.9. The Labute approximate surface area is 80.8 Å². The van der Waals surface area contributed by atoms with Gasteiger partial charge in [0.25, 0.3) is 0 Å². The summed E-state index contributed by atoms with van der Waals surface area (Å²) in [6, 6.07) is 0. The lowest BCUT2D eigenvalue weighted by atomic mass is 10.2. The zero-order valence-corrected chi connectivity index (χ0v) is 8.28. The summed E-state index contributed by atoms with van der Waals surface area (Å²) in [4.78, 5) is 9.91. The van der Waals surface area contributed by atoms with Crippen LogP contribution in [0.3, 0.4) is 0 Å². The van der Waals surface area contributed by atoms with Gasteiger partial charge in [0.1, 0.15) is 6.29 Å². The first-order chi connectivity index (χ1) is 6.41. The van der Waals surface area contributed by atoms with Gasteiger partial charge in [0.15, 0.2) is 0 Å². The van der Waals surface area contributed by atoms with E-state index >= 15 is 0 Å². The van der Waals surface area contributed by atoms with Crippen LogP contribution in [0, 0.1) is 0 Å². The van der Waals surface area contributed by atoms with Gasteiger partial charge in [-0.15, -0.1) is 0 Å². The molecule has 0 fully saturated rings. The fourth-order valence-electron chi connectivity index (χ4n) is 0.962. The van der Waals surface area contributed by atoms with Crippen LogP contribution in [0.2, 0.25) is 0 Å². The minimum atomic E-state index is 0.825. The SMILES string of the molecule is C/C=C/C=C/CCCC/C=C/C=O. The summed E-state index contributed by atoms with van der Waals surface area (Å²) in [5, 5.41) is 0. The Balaban J connectivity index is 3.16. The van der Waals surface area contributed by atoms with Crippen molar-refractivity contribution >= 4 is 6.29 Å². The van der Waals surface area contributed by atoms with Crippen molar-refractivity contribution in [3.8, 4) is 0 Å². The highest BCUT2D eigenvalue weighted by atomic mass is 16.1. The molecule has 0 aromatic carbocycles. The topological polar surface area (TPSA) is 17.1 Å². The molecule has 0 rings (SSSR count). The number of carbonyl (C=O) groups excluding carboxylic acids is 1. The predicted octanol–water partition coefficient (Wildman–Crippen LogP) is 3.43. The summed E-state index contributed by atoms with van der Waals surface area (Å²) < 4.78 is 0. The van der Waals surface area contributed by atoms with Gasteiger partial charge in [0.05, 0.1) is 0 Å². The first-order valence-electron chi connectivity index (χ1n) is 4.80. The van der Waals surface area contributed by atoms with Gasteiger partial charge in [-0.1, -0.05) is 30.4 Å². The highest BCUT2D eigenvalue weighted by Crippen LogP contribution is 2.01. The Kier molecular flexibility index (Phi) is 9.96. The van der Waals surface area contributed by atoms with E-state index in [2.05, 4.69) is 12.2 Å². The summed E-state index contributed by atoms with van der Waals surface area (Å²) in [7, 11) is 0. The fraction of sp³-hybridized carbons (Fsp3) is 0.417. The second-order valence-corrected chi connectivity index (χ2v) is 2.80. The Morgan fingerprint density at radius 2 is 1.54 bits per heavy atom. The largest absolute Gasteiger partial charge is 0.299 e. The lowest BCUT2D eigenvalue weighted by Crippen LogP contribution is -1.72. The molecule has 0 aromatic rings. The van der Waals surface area contributed by atoms with Crippen LogP contribution >= 0.6 is 0 Å². The number of carbonyl (C=O) groups is 1. The van der Waals surface area contributed by atoms with E-state index in [0.717, 1.165) is 25.5 Å². The van der Waals surface area contributed by atoms with Gasteiger partial charge >= 0.3 is 0 Å². The van der Waals surface area contributed by atoms with Crippen LogP contribution < -0.4 is 0 Å². The number of hydrogen-bond donors (Lipinski definition) is 0. The van der Waals surface area contributed by atoms with E-state index in [1.54, 1.807) is 6.08 Å². The molecule has 0 heterocycles. The van der Waals surface area contributed by atoms with E-state index in [0.29, 0.717) is 0 Å². The summed E-state index contributed by atoms with van der Waals surface area (Å²) in [5.74, 6) is 0. The van der Waals surface area contributed by atoms with Gasteiger partial charge in [-0.05, 0) is 38.7 Å². The summed E-state index contributed by atoms with van der Waals surface area (Å²) >= 11 is 0. The molecule has 0 saturated heterocycles. The summed E-state index contributed by atoms with van der Waals surface area (Å²) in [5.41, 5.74) is 0. The molecule has 0 radical (unpaired) electrons. The maximum absolute atomic E-state index is 9.91. The summed E-state index contributed by atoms with van der Waals surface area (Å²) in [6.07, 6.45) is 17.1. The van der Waals surface area contributed by atoms with Crippen molar-refractivity contribution in [2.75, 3.05) is 0 Å². The van der Waals surface area contributed by atoms with Crippen LogP contribution in [0.15, 0.2) is 36.5 Å². The monoisotopic (exact) mass is 178 g/mol. The van der Waals surface area contributed by atoms with Gasteiger partial charge in [-0.25, -0.2) is 0 Å². The van der Waals surface area contributed by atoms with Crippen molar-refractivity contribution in [1.29, 1.82) is 0 Å². The van der Waals surface area contributed by atoms with Crippen molar-refractivity contribution in [1.82, 2.24) is 0 Å². The highest BCUT2D eigenvalue weighted by Gasteiger charge is 1.82. The molecular formula is C12H18O. The third-order valence-electron chi connectivity index (χ3n) is 1.65. The maximum Gasteiger partial charge on any atom is 0.142 e. The average Bonchev–Trinajstić information content (AvgIpc) is 2.16. The molecule has 0 aliphatic rings. The van der Waals surface area contributed by atoms with Crippen LogP contribution in [-0.4, -0.2) is 6.29 Å². The third-order valence-corrected chi connectivity index (χ3v) is 1.65. The van der Waals surface area contributed by atoms with Crippen LogP contribution in [0.25, 0.3) is 0 Å². The number of allylic oxidation sites excluding steroid dienone is 6. The van der Waals surface area contributed by atoms with Crippen molar-refractivity contribution < 1.29 is 4.79 Å². The number of hydrogen-bond acceptors (Lipinski definition) is 1. The van der Waals surface area contributed by atoms with Crippen molar-refractivity contribution in [3.63, 3.8) is 0 Å². The van der Waals surface area contributed by atoms with E-state index in [4.69, 9.17) is 0 Å². The molecule has 72 valence electrons. The minimum absolute atomic E-state index is 0.825. The maximum atomic E-state index is 9.91. The molecule has 0 aliphatic carbocycles. The standard InChI is InChI=1S/C12H18O/c1-2-3-4-5-6-7-8-9-10-11-12-13/h2-5,10-12H,6-9H2,1H3/b3-2+,5-4+,11-10+. The quantitative estimate of drug-likeness (QED) is 0.252. The van der Waals surface area contributed by atoms with Gasteiger partial charge < -0.3 is 0 Å².